The highest BCUT2D eigenvalue weighted by Crippen LogP contribution is 2.54. The molecule has 2 aromatic carbocycles. The van der Waals surface area contributed by atoms with Crippen LogP contribution in [0.3, 0.4) is 0 Å². The maximum Gasteiger partial charge on any atom is 0.231 e. The molecule has 0 spiro atoms. The Morgan fingerprint density at radius 2 is 1.78 bits per heavy atom. The first-order chi connectivity index (χ1) is 11.1. The van der Waals surface area contributed by atoms with E-state index < -0.39 is 15.1 Å². The van der Waals surface area contributed by atoms with Crippen LogP contribution >= 0.6 is 0 Å². The van der Waals surface area contributed by atoms with Gasteiger partial charge in [-0.05, 0) is 29.8 Å². The van der Waals surface area contributed by atoms with Gasteiger partial charge in [0, 0.05) is 18.4 Å². The van der Waals surface area contributed by atoms with E-state index in [2.05, 4.69) is 0 Å². The fourth-order valence-corrected chi connectivity index (χ4v) is 5.53. The topological polar surface area (TPSA) is 72.8 Å². The molecule has 1 fully saturated rings. The monoisotopic (exact) mass is 332 g/mol. The molecule has 2 aliphatic rings. The van der Waals surface area contributed by atoms with Crippen molar-refractivity contribution in [3.8, 4) is 11.5 Å². The number of hydrogen-bond acceptors (Lipinski definition) is 5. The summed E-state index contributed by atoms with van der Waals surface area (Å²) in [6, 6.07) is 13.8. The number of benzene rings is 2. The Morgan fingerprint density at radius 1 is 1.04 bits per heavy atom. The summed E-state index contributed by atoms with van der Waals surface area (Å²) in [5.41, 5.74) is 0.859. The fraction of sp³-hybridized carbons (Fsp3) is 0.294. The van der Waals surface area contributed by atoms with E-state index in [1.807, 2.05) is 12.1 Å². The van der Waals surface area contributed by atoms with Crippen LogP contribution in [0.15, 0.2) is 53.4 Å². The minimum atomic E-state index is -3.47. The van der Waals surface area contributed by atoms with Gasteiger partial charge >= 0.3 is 0 Å². The number of ether oxygens (including phenoxy) is 2. The first kappa shape index (κ1) is 14.5. The Labute approximate surface area is 134 Å². The Morgan fingerprint density at radius 3 is 2.52 bits per heavy atom. The molecule has 0 bridgehead atoms. The molecule has 1 heterocycles. The minimum absolute atomic E-state index is 0.157. The zero-order valence-corrected chi connectivity index (χ0v) is 13.1. The van der Waals surface area contributed by atoms with Crippen LogP contribution in [0, 0.1) is 5.92 Å². The molecule has 6 heteroatoms. The van der Waals surface area contributed by atoms with Crippen molar-refractivity contribution in [1.29, 1.82) is 0 Å². The van der Waals surface area contributed by atoms with Crippen molar-refractivity contribution >= 4 is 9.84 Å². The molecule has 3 atom stereocenters. The van der Waals surface area contributed by atoms with E-state index in [0.717, 1.165) is 5.56 Å². The molecule has 0 amide bonds. The number of aliphatic hydroxyl groups excluding tert-OH is 1. The summed E-state index contributed by atoms with van der Waals surface area (Å²) in [5, 5.41) is 8.99. The van der Waals surface area contributed by atoms with Crippen LogP contribution in [0.4, 0.5) is 0 Å². The average molecular weight is 332 g/mol. The van der Waals surface area contributed by atoms with E-state index in [9.17, 15) is 13.5 Å². The van der Waals surface area contributed by atoms with Gasteiger partial charge in [-0.3, -0.25) is 0 Å². The SMILES string of the molecule is O=S(=O)(c1ccccc1)[C@H]1[C@@H](CO)[C@@H]1c1ccc2c(c1)OCO2. The van der Waals surface area contributed by atoms with Gasteiger partial charge in [-0.1, -0.05) is 24.3 Å². The van der Waals surface area contributed by atoms with Crippen LogP contribution in [-0.4, -0.2) is 32.2 Å². The van der Waals surface area contributed by atoms with Crippen molar-refractivity contribution in [2.45, 2.75) is 16.1 Å². The van der Waals surface area contributed by atoms with Gasteiger partial charge in [0.2, 0.25) is 6.79 Å². The van der Waals surface area contributed by atoms with Crippen molar-refractivity contribution in [1.82, 2.24) is 0 Å². The van der Waals surface area contributed by atoms with E-state index in [1.54, 1.807) is 36.4 Å². The molecule has 120 valence electrons. The average Bonchev–Trinajstić information content (AvgIpc) is 3.15. The van der Waals surface area contributed by atoms with Crippen LogP contribution in [0.2, 0.25) is 0 Å². The van der Waals surface area contributed by atoms with Crippen LogP contribution in [-0.2, 0) is 9.84 Å². The minimum Gasteiger partial charge on any atom is -0.454 e. The molecule has 0 saturated heterocycles. The molecule has 4 rings (SSSR count). The van der Waals surface area contributed by atoms with Gasteiger partial charge in [0.15, 0.2) is 21.3 Å². The lowest BCUT2D eigenvalue weighted by Gasteiger charge is -2.05. The molecule has 1 aliphatic carbocycles. The van der Waals surface area contributed by atoms with Crippen LogP contribution in [0.5, 0.6) is 11.5 Å². The Bertz CT molecular complexity index is 831. The standard InChI is InChI=1S/C17H16O5S/c18-9-13-16(11-6-7-14-15(8-11)22-10-21-14)17(13)23(19,20)12-4-2-1-3-5-12/h1-8,13,16-18H,9-10H2/t13-,16-,17-/m0/s1. The van der Waals surface area contributed by atoms with Crippen molar-refractivity contribution in [2.75, 3.05) is 13.4 Å². The highest BCUT2D eigenvalue weighted by molar-refractivity contribution is 7.92. The zero-order chi connectivity index (χ0) is 16.0. The summed E-state index contributed by atoms with van der Waals surface area (Å²) in [6.45, 7) is 0.0223. The molecular weight excluding hydrogens is 316 g/mol. The van der Waals surface area contributed by atoms with Crippen LogP contribution in [0.1, 0.15) is 11.5 Å². The molecule has 1 aliphatic heterocycles. The maximum absolute atomic E-state index is 12.8. The molecule has 2 aromatic rings. The van der Waals surface area contributed by atoms with Crippen molar-refractivity contribution in [2.24, 2.45) is 5.92 Å². The molecule has 5 nitrogen and oxygen atoms in total. The molecule has 1 N–H and O–H groups in total. The zero-order valence-electron chi connectivity index (χ0n) is 12.3. The van der Waals surface area contributed by atoms with Gasteiger partial charge in [0.25, 0.3) is 0 Å². The van der Waals surface area contributed by atoms with Gasteiger partial charge in [-0.15, -0.1) is 0 Å². The predicted octanol–water partition coefficient (Wildman–Crippen LogP) is 1.96. The van der Waals surface area contributed by atoms with Gasteiger partial charge < -0.3 is 14.6 Å². The summed E-state index contributed by atoms with van der Waals surface area (Å²) in [4.78, 5) is 0.298. The summed E-state index contributed by atoms with van der Waals surface area (Å²) in [7, 11) is -3.47. The van der Waals surface area contributed by atoms with Gasteiger partial charge in [-0.25, -0.2) is 8.42 Å². The lowest BCUT2D eigenvalue weighted by atomic mass is 10.1. The summed E-state index contributed by atoms with van der Waals surface area (Å²) >= 11 is 0. The number of hydrogen-bond donors (Lipinski definition) is 1. The molecule has 0 unspecified atom stereocenters. The predicted molar refractivity (Wildman–Crippen MR) is 83.3 cm³/mol. The summed E-state index contributed by atoms with van der Waals surface area (Å²) < 4.78 is 36.3. The van der Waals surface area contributed by atoms with Crippen molar-refractivity contribution < 1.29 is 23.0 Å². The maximum atomic E-state index is 12.8. The summed E-state index contributed by atoms with van der Waals surface area (Å²) in [5.74, 6) is 0.777. The smallest absolute Gasteiger partial charge is 0.231 e. The fourth-order valence-electron chi connectivity index (χ4n) is 3.31. The Balaban J connectivity index is 1.68. The van der Waals surface area contributed by atoms with E-state index in [0.29, 0.717) is 16.4 Å². The third-order valence-electron chi connectivity index (χ3n) is 4.52. The molecule has 0 aromatic heterocycles. The third kappa shape index (κ3) is 2.29. The second-order valence-electron chi connectivity index (χ2n) is 5.81. The summed E-state index contributed by atoms with van der Waals surface area (Å²) in [6.07, 6.45) is 0. The van der Waals surface area contributed by atoms with Gasteiger partial charge in [0.1, 0.15) is 0 Å². The van der Waals surface area contributed by atoms with Crippen molar-refractivity contribution in [3.63, 3.8) is 0 Å². The normalized spacial score (nSPS) is 25.3. The highest BCUT2D eigenvalue weighted by Gasteiger charge is 2.58. The number of sulfone groups is 1. The number of fused-ring (bicyclic) bond motifs is 1. The highest BCUT2D eigenvalue weighted by atomic mass is 32.2. The lowest BCUT2D eigenvalue weighted by molar-refractivity contribution is 0.174. The van der Waals surface area contributed by atoms with E-state index >= 15 is 0 Å². The van der Waals surface area contributed by atoms with Gasteiger partial charge in [-0.2, -0.15) is 0 Å². The van der Waals surface area contributed by atoms with E-state index in [1.165, 1.54) is 0 Å². The quantitative estimate of drug-likeness (QED) is 0.927. The largest absolute Gasteiger partial charge is 0.454 e. The second kappa shape index (κ2) is 5.25. The second-order valence-corrected chi connectivity index (χ2v) is 7.91. The van der Waals surface area contributed by atoms with E-state index in [-0.39, 0.29) is 25.2 Å². The van der Waals surface area contributed by atoms with Crippen LogP contribution in [0.25, 0.3) is 0 Å². The lowest BCUT2D eigenvalue weighted by Crippen LogP contribution is -2.11. The molecule has 1 saturated carbocycles. The van der Waals surface area contributed by atoms with Crippen molar-refractivity contribution in [3.05, 3.63) is 54.1 Å². The number of rotatable bonds is 4. The first-order valence-electron chi connectivity index (χ1n) is 7.42. The first-order valence-corrected chi connectivity index (χ1v) is 8.97. The number of aliphatic hydroxyl groups is 1. The van der Waals surface area contributed by atoms with E-state index in [4.69, 9.17) is 9.47 Å². The Kier molecular flexibility index (Phi) is 3.32. The van der Waals surface area contributed by atoms with Crippen LogP contribution < -0.4 is 9.47 Å². The molecule has 23 heavy (non-hydrogen) atoms. The molecule has 0 radical (unpaired) electrons. The molecular formula is C17H16O5S. The van der Waals surface area contributed by atoms with Gasteiger partial charge in [0.05, 0.1) is 10.1 Å². The Hall–Kier alpha value is -2.05. The third-order valence-corrected chi connectivity index (χ3v) is 6.81.